The van der Waals surface area contributed by atoms with Crippen LogP contribution in [-0.4, -0.2) is 29.0 Å². The van der Waals surface area contributed by atoms with Crippen LogP contribution in [0.25, 0.3) is 0 Å². The average Bonchev–Trinajstić information content (AvgIpc) is 2.49. The van der Waals surface area contributed by atoms with Crippen molar-refractivity contribution >= 4 is 23.6 Å². The van der Waals surface area contributed by atoms with Gasteiger partial charge in [-0.05, 0) is 50.3 Å². The van der Waals surface area contributed by atoms with E-state index in [2.05, 4.69) is 6.92 Å². The molecule has 0 fully saturated rings. The van der Waals surface area contributed by atoms with Gasteiger partial charge in [-0.1, -0.05) is 13.3 Å². The van der Waals surface area contributed by atoms with Crippen LogP contribution in [-0.2, 0) is 9.59 Å². The Kier molecular flexibility index (Phi) is 7.80. The summed E-state index contributed by atoms with van der Waals surface area (Å²) in [6.45, 7) is 5.53. The van der Waals surface area contributed by atoms with Crippen LogP contribution < -0.4 is 15.2 Å². The van der Waals surface area contributed by atoms with Crippen molar-refractivity contribution in [1.29, 1.82) is 0 Å². The quantitative estimate of drug-likeness (QED) is 0.429. The fourth-order valence-corrected chi connectivity index (χ4v) is 2.51. The van der Waals surface area contributed by atoms with E-state index < -0.39 is 12.0 Å². The molecule has 2 atom stereocenters. The number of primary amides is 1. The van der Waals surface area contributed by atoms with E-state index in [1.54, 1.807) is 43.0 Å². The van der Waals surface area contributed by atoms with Crippen molar-refractivity contribution in [1.82, 2.24) is 0 Å². The Balaban J connectivity index is 2.49. The number of esters is 1. The Morgan fingerprint density at radius 1 is 1.18 bits per heavy atom. The van der Waals surface area contributed by atoms with Crippen molar-refractivity contribution in [2.24, 2.45) is 5.73 Å². The molecule has 1 rings (SSSR count). The zero-order chi connectivity index (χ0) is 16.5. The smallest absolute Gasteiger partial charge is 0.324 e. The molecular formula is C16H23NO4S. The molecule has 0 aliphatic carbocycles. The van der Waals surface area contributed by atoms with Gasteiger partial charge in [-0.25, -0.2) is 0 Å². The largest absolute Gasteiger partial charge is 0.481 e. The number of benzene rings is 1. The number of hydrogen-bond acceptors (Lipinski definition) is 5. The van der Waals surface area contributed by atoms with Gasteiger partial charge >= 0.3 is 5.97 Å². The predicted octanol–water partition coefficient (Wildman–Crippen LogP) is 2.77. The maximum atomic E-state index is 11.9. The van der Waals surface area contributed by atoms with E-state index in [1.165, 1.54) is 0 Å². The number of amides is 1. The van der Waals surface area contributed by atoms with Crippen molar-refractivity contribution in [2.75, 3.05) is 5.75 Å². The second-order valence-electron chi connectivity index (χ2n) is 4.92. The lowest BCUT2D eigenvalue weighted by Crippen LogP contribution is -2.30. The molecule has 0 bridgehead atoms. The van der Waals surface area contributed by atoms with Gasteiger partial charge in [0.15, 0.2) is 6.10 Å². The summed E-state index contributed by atoms with van der Waals surface area (Å²) in [7, 11) is 0. The maximum Gasteiger partial charge on any atom is 0.324 e. The van der Waals surface area contributed by atoms with Gasteiger partial charge in [-0.15, -0.1) is 11.8 Å². The lowest BCUT2D eigenvalue weighted by Gasteiger charge is -2.13. The normalized spacial score (nSPS) is 13.2. The van der Waals surface area contributed by atoms with Gasteiger partial charge in [0.25, 0.3) is 5.91 Å². The van der Waals surface area contributed by atoms with E-state index in [4.69, 9.17) is 15.2 Å². The highest BCUT2D eigenvalue weighted by atomic mass is 32.2. The third kappa shape index (κ3) is 6.39. The summed E-state index contributed by atoms with van der Waals surface area (Å²) in [5.41, 5.74) is 5.13. The summed E-state index contributed by atoms with van der Waals surface area (Å²) >= 11 is 1.59. The number of nitrogens with two attached hydrogens (primary N) is 1. The highest BCUT2D eigenvalue weighted by Gasteiger charge is 2.16. The predicted molar refractivity (Wildman–Crippen MR) is 88.2 cm³/mol. The summed E-state index contributed by atoms with van der Waals surface area (Å²) in [6, 6.07) is 6.53. The van der Waals surface area contributed by atoms with E-state index in [-0.39, 0.29) is 11.2 Å². The topological polar surface area (TPSA) is 78.6 Å². The van der Waals surface area contributed by atoms with E-state index in [1.807, 2.05) is 6.92 Å². The van der Waals surface area contributed by atoms with E-state index >= 15 is 0 Å². The molecule has 0 unspecified atom stereocenters. The average molecular weight is 325 g/mol. The molecule has 22 heavy (non-hydrogen) atoms. The number of unbranched alkanes of at least 4 members (excludes halogenated alkanes) is 1. The van der Waals surface area contributed by atoms with E-state index in [9.17, 15) is 9.59 Å². The molecule has 1 aromatic carbocycles. The molecule has 2 N–H and O–H groups in total. The Bertz CT molecular complexity index is 489. The summed E-state index contributed by atoms with van der Waals surface area (Å²) in [5.74, 6) is 1.10. The van der Waals surface area contributed by atoms with Crippen molar-refractivity contribution in [3.63, 3.8) is 0 Å². The van der Waals surface area contributed by atoms with Crippen LogP contribution in [0, 0.1) is 0 Å². The molecule has 0 saturated carbocycles. The standard InChI is InChI=1S/C16H23NO4S/c1-4-5-10-22-12(3)16(19)21-14-8-6-13(7-9-14)20-11(2)15(17)18/h6-9,11-12H,4-5,10H2,1-3H3,(H2,17,18)/t11-,12+/m1/s1. The molecule has 1 amide bonds. The van der Waals surface area contributed by atoms with Gasteiger partial charge in [-0.2, -0.15) is 0 Å². The Hall–Kier alpha value is -1.69. The summed E-state index contributed by atoms with van der Waals surface area (Å²) in [6.07, 6.45) is 1.50. The second-order valence-corrected chi connectivity index (χ2v) is 6.37. The Morgan fingerprint density at radius 3 is 2.32 bits per heavy atom. The van der Waals surface area contributed by atoms with Gasteiger partial charge in [-0.3, -0.25) is 9.59 Å². The minimum absolute atomic E-state index is 0.197. The van der Waals surface area contributed by atoms with Gasteiger partial charge in [0.2, 0.25) is 0 Å². The zero-order valence-corrected chi connectivity index (χ0v) is 14.0. The van der Waals surface area contributed by atoms with Crippen LogP contribution in [0.5, 0.6) is 11.5 Å². The first-order valence-electron chi connectivity index (χ1n) is 7.33. The third-order valence-corrected chi connectivity index (χ3v) is 4.17. The molecule has 0 radical (unpaired) electrons. The monoisotopic (exact) mass is 325 g/mol. The van der Waals surface area contributed by atoms with E-state index in [0.717, 1.165) is 18.6 Å². The zero-order valence-electron chi connectivity index (χ0n) is 13.2. The fraction of sp³-hybridized carbons (Fsp3) is 0.500. The third-order valence-electron chi connectivity index (χ3n) is 2.95. The van der Waals surface area contributed by atoms with Crippen LogP contribution in [0.2, 0.25) is 0 Å². The number of thioether (sulfide) groups is 1. The van der Waals surface area contributed by atoms with Gasteiger partial charge in [0.05, 0.1) is 0 Å². The summed E-state index contributed by atoms with van der Waals surface area (Å²) in [4.78, 5) is 22.8. The van der Waals surface area contributed by atoms with Crippen LogP contribution in [0.15, 0.2) is 24.3 Å². The van der Waals surface area contributed by atoms with Crippen LogP contribution in [0.1, 0.15) is 33.6 Å². The Labute approximate surface area is 135 Å². The van der Waals surface area contributed by atoms with Crippen LogP contribution >= 0.6 is 11.8 Å². The molecule has 6 heteroatoms. The molecule has 0 aliphatic rings. The number of ether oxygens (including phenoxy) is 2. The minimum atomic E-state index is -0.705. The molecule has 0 heterocycles. The molecule has 0 saturated heterocycles. The van der Waals surface area contributed by atoms with Crippen molar-refractivity contribution in [3.8, 4) is 11.5 Å². The highest BCUT2D eigenvalue weighted by Crippen LogP contribution is 2.21. The first kappa shape index (κ1) is 18.4. The highest BCUT2D eigenvalue weighted by molar-refractivity contribution is 8.00. The molecule has 1 aromatic rings. The SMILES string of the molecule is CCCCS[C@@H](C)C(=O)Oc1ccc(O[C@H](C)C(N)=O)cc1. The van der Waals surface area contributed by atoms with Gasteiger partial charge in [0.1, 0.15) is 16.7 Å². The first-order chi connectivity index (χ1) is 10.4. The van der Waals surface area contributed by atoms with E-state index in [0.29, 0.717) is 11.5 Å². The van der Waals surface area contributed by atoms with Crippen molar-refractivity contribution in [2.45, 2.75) is 45.0 Å². The number of hydrogen-bond donors (Lipinski definition) is 1. The lowest BCUT2D eigenvalue weighted by molar-refractivity contribution is -0.133. The van der Waals surface area contributed by atoms with Crippen molar-refractivity contribution in [3.05, 3.63) is 24.3 Å². The molecule has 0 aliphatic heterocycles. The summed E-state index contributed by atoms with van der Waals surface area (Å²) in [5, 5.41) is -0.197. The second kappa shape index (κ2) is 9.35. The number of carbonyl (C=O) groups is 2. The minimum Gasteiger partial charge on any atom is -0.481 e. The molecule has 5 nitrogen and oxygen atoms in total. The van der Waals surface area contributed by atoms with Crippen molar-refractivity contribution < 1.29 is 19.1 Å². The first-order valence-corrected chi connectivity index (χ1v) is 8.38. The summed E-state index contributed by atoms with van der Waals surface area (Å²) < 4.78 is 10.6. The maximum absolute atomic E-state index is 11.9. The molecule has 0 aromatic heterocycles. The number of carbonyl (C=O) groups excluding carboxylic acids is 2. The Morgan fingerprint density at radius 2 is 1.77 bits per heavy atom. The van der Waals surface area contributed by atoms with Gasteiger partial charge < -0.3 is 15.2 Å². The fourth-order valence-electron chi connectivity index (χ4n) is 1.52. The van der Waals surface area contributed by atoms with Crippen LogP contribution in [0.4, 0.5) is 0 Å². The number of rotatable bonds is 9. The van der Waals surface area contributed by atoms with Gasteiger partial charge in [0, 0.05) is 0 Å². The van der Waals surface area contributed by atoms with Crippen LogP contribution in [0.3, 0.4) is 0 Å². The molecular weight excluding hydrogens is 302 g/mol. The molecule has 122 valence electrons. The molecule has 0 spiro atoms. The lowest BCUT2D eigenvalue weighted by atomic mass is 10.3.